The smallest absolute Gasteiger partial charge is 0.348 e. The van der Waals surface area contributed by atoms with Crippen molar-refractivity contribution in [1.29, 1.82) is 0 Å². The number of hydrogen-bond acceptors (Lipinski definition) is 7. The first-order valence-corrected chi connectivity index (χ1v) is 8.76. The lowest BCUT2D eigenvalue weighted by Crippen LogP contribution is -2.28. The van der Waals surface area contributed by atoms with Crippen molar-refractivity contribution in [2.24, 2.45) is 5.92 Å². The highest BCUT2D eigenvalue weighted by atomic mass is 31.2. The van der Waals surface area contributed by atoms with Crippen LogP contribution >= 0.6 is 7.60 Å². The molecule has 3 heterocycles. The number of imidazole rings is 1. The third-order valence-electron chi connectivity index (χ3n) is 3.90. The number of nitrogen functional groups attached to an aromatic ring is 1. The van der Waals surface area contributed by atoms with E-state index in [1.807, 2.05) is 0 Å². The second-order valence-corrected chi connectivity index (χ2v) is 6.96. The minimum atomic E-state index is -4.37. The Labute approximate surface area is 136 Å². The van der Waals surface area contributed by atoms with Crippen LogP contribution in [0.25, 0.3) is 11.2 Å². The van der Waals surface area contributed by atoms with Gasteiger partial charge in [0.25, 0.3) is 0 Å². The number of rotatable bonds is 4. The number of fused-ring (bicyclic) bond motifs is 1. The van der Waals surface area contributed by atoms with Crippen molar-refractivity contribution in [3.8, 4) is 0 Å². The fourth-order valence-corrected chi connectivity index (χ4v) is 3.11. The number of pyridine rings is 1. The van der Waals surface area contributed by atoms with Gasteiger partial charge >= 0.3 is 7.60 Å². The molecule has 1 fully saturated rings. The van der Waals surface area contributed by atoms with E-state index in [9.17, 15) is 14.8 Å². The molecule has 1 aliphatic rings. The number of anilines is 1. The lowest BCUT2D eigenvalue weighted by Gasteiger charge is -2.17. The van der Waals surface area contributed by atoms with Gasteiger partial charge in [-0.15, -0.1) is 0 Å². The third-order valence-corrected chi connectivity index (χ3v) is 4.46. The molecule has 2 aromatic rings. The van der Waals surface area contributed by atoms with Crippen LogP contribution in [0.1, 0.15) is 6.23 Å². The van der Waals surface area contributed by atoms with E-state index < -0.39 is 38.6 Å². The second kappa shape index (κ2) is 6.25. The maximum absolute atomic E-state index is 11.0. The Morgan fingerprint density at radius 3 is 2.83 bits per heavy atom. The van der Waals surface area contributed by atoms with E-state index >= 15 is 0 Å². The zero-order valence-electron chi connectivity index (χ0n) is 12.4. The lowest BCUT2D eigenvalue weighted by molar-refractivity contribution is -0.0234. The van der Waals surface area contributed by atoms with E-state index in [2.05, 4.69) is 9.97 Å². The van der Waals surface area contributed by atoms with Crippen molar-refractivity contribution in [2.45, 2.75) is 18.4 Å². The van der Waals surface area contributed by atoms with Crippen LogP contribution in [0.5, 0.6) is 0 Å². The van der Waals surface area contributed by atoms with Crippen LogP contribution in [0.15, 0.2) is 30.5 Å². The first-order valence-electron chi connectivity index (χ1n) is 7.08. The Bertz CT molecular complexity index is 818. The highest BCUT2D eigenvalue weighted by Crippen LogP contribution is 2.40. The van der Waals surface area contributed by atoms with Gasteiger partial charge < -0.3 is 30.5 Å². The summed E-state index contributed by atoms with van der Waals surface area (Å²) in [5, 5.41) is 19.9. The Morgan fingerprint density at radius 1 is 1.42 bits per heavy atom. The van der Waals surface area contributed by atoms with Crippen LogP contribution in [0.2, 0.25) is 0 Å². The predicted molar refractivity (Wildman–Crippen MR) is 83.6 cm³/mol. The van der Waals surface area contributed by atoms with E-state index in [4.69, 9.17) is 20.3 Å². The van der Waals surface area contributed by atoms with Crippen LogP contribution in [-0.4, -0.2) is 53.3 Å². The van der Waals surface area contributed by atoms with Gasteiger partial charge in [-0.1, -0.05) is 0 Å². The monoisotopic (exact) mass is 356 g/mol. The fourth-order valence-electron chi connectivity index (χ4n) is 2.71. The summed E-state index contributed by atoms with van der Waals surface area (Å²) in [4.78, 5) is 26.2. The van der Waals surface area contributed by atoms with Crippen molar-refractivity contribution in [1.82, 2.24) is 14.5 Å². The minimum absolute atomic E-state index is 0.398. The predicted octanol–water partition coefficient (Wildman–Crippen LogP) is -0.428. The molecule has 3 rings (SSSR count). The molecule has 0 spiro atoms. The van der Waals surface area contributed by atoms with Crippen LogP contribution < -0.4 is 5.73 Å². The summed E-state index contributed by atoms with van der Waals surface area (Å²) in [6.07, 6.45) is 1.12. The minimum Gasteiger partial charge on any atom is -0.397 e. The zero-order valence-corrected chi connectivity index (χ0v) is 13.3. The normalized spacial score (nSPS) is 28.2. The lowest BCUT2D eigenvalue weighted by atomic mass is 9.99. The van der Waals surface area contributed by atoms with Gasteiger partial charge in [0.1, 0.15) is 11.6 Å². The summed E-state index contributed by atoms with van der Waals surface area (Å²) in [5.74, 6) is -0.0613. The fraction of sp³-hybridized carbons (Fsp3) is 0.385. The maximum atomic E-state index is 11.0. The first-order chi connectivity index (χ1) is 11.3. The number of nitrogens with zero attached hydrogens (tertiary/aromatic N) is 3. The summed E-state index contributed by atoms with van der Waals surface area (Å²) >= 11 is 0. The molecule has 1 aliphatic heterocycles. The molecule has 0 radical (unpaired) electrons. The standard InChI is InChI=1S/C13H17N4O6P/c14-8-1-3-15-12-10(8)16-6-17(12)13-11(19)7(5-18)9(23-13)2-4-24(20,21)22/h1-4,6-7,9,11,13,18-19H,5H2,(H2,14,15)(H2,20,21,22)/b4-2+/t7-,9-,11-,13-/m1/s1. The van der Waals surface area contributed by atoms with E-state index in [1.54, 1.807) is 6.07 Å². The number of aliphatic hydroxyl groups is 2. The SMILES string of the molecule is Nc1ccnc2c1ncn2[C@@H]1O[C@H](/C=C/P(=O)(O)O)[C@@H](CO)[C@H]1O. The molecular weight excluding hydrogens is 339 g/mol. The van der Waals surface area contributed by atoms with Gasteiger partial charge in [0.2, 0.25) is 0 Å². The Morgan fingerprint density at radius 2 is 2.17 bits per heavy atom. The molecule has 10 nitrogen and oxygen atoms in total. The molecule has 130 valence electrons. The molecule has 0 amide bonds. The Hall–Kier alpha value is -1.81. The highest BCUT2D eigenvalue weighted by Gasteiger charge is 2.43. The number of aliphatic hydroxyl groups excluding tert-OH is 2. The molecule has 0 bridgehead atoms. The quantitative estimate of drug-likeness (QED) is 0.457. The second-order valence-electron chi connectivity index (χ2n) is 5.48. The van der Waals surface area contributed by atoms with Gasteiger partial charge in [-0.25, -0.2) is 9.97 Å². The largest absolute Gasteiger partial charge is 0.397 e. The molecule has 0 aromatic carbocycles. The van der Waals surface area contributed by atoms with Crippen molar-refractivity contribution in [3.63, 3.8) is 0 Å². The van der Waals surface area contributed by atoms with Gasteiger partial charge in [0.05, 0.1) is 24.7 Å². The van der Waals surface area contributed by atoms with Crippen molar-refractivity contribution in [2.75, 3.05) is 12.3 Å². The molecule has 4 atom stereocenters. The van der Waals surface area contributed by atoms with E-state index in [1.165, 1.54) is 17.1 Å². The van der Waals surface area contributed by atoms with E-state index in [-0.39, 0.29) is 0 Å². The van der Waals surface area contributed by atoms with Crippen molar-refractivity contribution >= 4 is 24.4 Å². The molecule has 0 aliphatic carbocycles. The summed E-state index contributed by atoms with van der Waals surface area (Å²) < 4.78 is 18.1. The van der Waals surface area contributed by atoms with Gasteiger partial charge in [0, 0.05) is 17.9 Å². The first kappa shape index (κ1) is 17.0. The third kappa shape index (κ3) is 3.07. The summed E-state index contributed by atoms with van der Waals surface area (Å²) in [5.41, 5.74) is 7.09. The molecule has 11 heteroatoms. The van der Waals surface area contributed by atoms with Crippen LogP contribution in [0, 0.1) is 5.92 Å². The number of nitrogens with two attached hydrogens (primary N) is 1. The van der Waals surface area contributed by atoms with E-state index in [0.717, 1.165) is 6.08 Å². The highest BCUT2D eigenvalue weighted by molar-refractivity contribution is 7.55. The van der Waals surface area contributed by atoms with Crippen LogP contribution in [0.4, 0.5) is 5.69 Å². The average molecular weight is 356 g/mol. The van der Waals surface area contributed by atoms with Gasteiger partial charge in [-0.3, -0.25) is 9.13 Å². The van der Waals surface area contributed by atoms with Gasteiger partial charge in [-0.2, -0.15) is 0 Å². The van der Waals surface area contributed by atoms with Gasteiger partial charge in [0.15, 0.2) is 11.9 Å². The van der Waals surface area contributed by atoms with Crippen molar-refractivity contribution in [3.05, 3.63) is 30.5 Å². The Kier molecular flexibility index (Phi) is 4.43. The molecule has 0 saturated carbocycles. The van der Waals surface area contributed by atoms with Gasteiger partial charge in [-0.05, 0) is 12.1 Å². The average Bonchev–Trinajstić information content (AvgIpc) is 3.06. The summed E-state index contributed by atoms with van der Waals surface area (Å²) in [7, 11) is -4.37. The number of hydrogen-bond donors (Lipinski definition) is 5. The van der Waals surface area contributed by atoms with E-state index in [0.29, 0.717) is 22.7 Å². The summed E-state index contributed by atoms with van der Waals surface area (Å²) in [6, 6.07) is 1.59. The zero-order chi connectivity index (χ0) is 17.5. The molecule has 6 N–H and O–H groups in total. The molecule has 0 unspecified atom stereocenters. The molecule has 1 saturated heterocycles. The molecular formula is C13H17N4O6P. The number of aromatic nitrogens is 3. The Balaban J connectivity index is 1.95. The topological polar surface area (TPSA) is 164 Å². The maximum Gasteiger partial charge on any atom is 0.348 e. The van der Waals surface area contributed by atoms with Crippen LogP contribution in [-0.2, 0) is 9.30 Å². The number of ether oxygens (including phenoxy) is 1. The van der Waals surface area contributed by atoms with Crippen molar-refractivity contribution < 1.29 is 29.3 Å². The van der Waals surface area contributed by atoms with Crippen LogP contribution in [0.3, 0.4) is 0 Å². The molecule has 2 aromatic heterocycles. The molecule has 24 heavy (non-hydrogen) atoms. The summed E-state index contributed by atoms with van der Waals surface area (Å²) in [6.45, 7) is -0.421.